The highest BCUT2D eigenvalue weighted by Crippen LogP contribution is 2.36. The summed E-state index contributed by atoms with van der Waals surface area (Å²) >= 11 is 8.81. The maximum absolute atomic E-state index is 12.9. The Labute approximate surface area is 196 Å². The Morgan fingerprint density at radius 1 is 1.38 bits per heavy atom. The number of rotatable bonds is 6. The van der Waals surface area contributed by atoms with E-state index in [0.717, 1.165) is 5.69 Å². The van der Waals surface area contributed by atoms with Gasteiger partial charge in [-0.2, -0.15) is 4.99 Å². The molecule has 1 aliphatic heterocycles. The van der Waals surface area contributed by atoms with Crippen LogP contribution in [0.4, 0.5) is 10.8 Å². The number of halogens is 1. The van der Waals surface area contributed by atoms with E-state index in [4.69, 9.17) is 16.0 Å². The number of nitrogens with zero attached hydrogens (tertiary/aromatic N) is 4. The number of aryl methyl sites for hydroxylation is 1. The minimum absolute atomic E-state index is 0.106. The molecule has 8 nitrogen and oxygen atoms in total. The van der Waals surface area contributed by atoms with Crippen molar-refractivity contribution >= 4 is 62.7 Å². The van der Waals surface area contributed by atoms with Crippen molar-refractivity contribution in [3.8, 4) is 11.3 Å². The molecule has 4 rings (SSSR count). The molecular formula is C21H15ClN4O4S2. The van der Waals surface area contributed by atoms with Gasteiger partial charge in [-0.1, -0.05) is 17.7 Å². The van der Waals surface area contributed by atoms with Crippen LogP contribution >= 0.6 is 34.7 Å². The first-order valence-corrected chi connectivity index (χ1v) is 11.3. The molecular weight excluding hydrogens is 472 g/mol. The molecule has 0 atom stereocenters. The zero-order valence-electron chi connectivity index (χ0n) is 16.6. The summed E-state index contributed by atoms with van der Waals surface area (Å²) in [6.45, 7) is 5.91. The van der Waals surface area contributed by atoms with E-state index in [1.54, 1.807) is 24.3 Å². The van der Waals surface area contributed by atoms with Crippen molar-refractivity contribution in [2.24, 2.45) is 4.99 Å². The topological polar surface area (TPSA) is 102 Å². The SMILES string of the molecule is C=CCN1C(=O)/C(=C\c2ccc(-c3ccc([N+](=O)[O-])cc3Cl)o2)S/C1=N/c1nc(C)cs1. The largest absolute Gasteiger partial charge is 0.457 e. The van der Waals surface area contributed by atoms with E-state index >= 15 is 0 Å². The molecule has 0 aliphatic carbocycles. The standard InChI is InChI=1S/C21H15ClN4O4S2/c1-3-8-25-19(27)18(32-21(25)24-20-23-12(2)11-31-20)10-14-5-7-17(30-14)15-6-4-13(26(28)29)9-16(15)22/h3-7,9-11H,1,8H2,2H3/b18-10+,24-21+. The zero-order valence-corrected chi connectivity index (χ0v) is 19.0. The number of aliphatic imine (C=N–C) groups is 1. The second kappa shape index (κ2) is 9.11. The second-order valence-corrected chi connectivity index (χ2v) is 8.86. The Hall–Kier alpha value is -3.21. The number of hydrogen-bond donors (Lipinski definition) is 0. The summed E-state index contributed by atoms with van der Waals surface area (Å²) in [5.74, 6) is 0.658. The highest BCUT2D eigenvalue weighted by molar-refractivity contribution is 8.18. The summed E-state index contributed by atoms with van der Waals surface area (Å²) in [6.07, 6.45) is 3.26. The molecule has 0 spiro atoms. The van der Waals surface area contributed by atoms with Crippen molar-refractivity contribution in [2.75, 3.05) is 6.54 Å². The third kappa shape index (κ3) is 4.52. The molecule has 3 aromatic rings. The first-order chi connectivity index (χ1) is 15.4. The van der Waals surface area contributed by atoms with Crippen LogP contribution < -0.4 is 0 Å². The quantitative estimate of drug-likeness (QED) is 0.181. The zero-order chi connectivity index (χ0) is 22.8. The first-order valence-electron chi connectivity index (χ1n) is 9.23. The van der Waals surface area contributed by atoms with Gasteiger partial charge in [-0.25, -0.2) is 4.98 Å². The fourth-order valence-electron chi connectivity index (χ4n) is 2.88. The summed E-state index contributed by atoms with van der Waals surface area (Å²) in [5.41, 5.74) is 1.27. The number of carbonyl (C=O) groups excluding carboxylic acids is 1. The third-order valence-corrected chi connectivity index (χ3v) is 6.50. The molecule has 1 aromatic carbocycles. The highest BCUT2D eigenvalue weighted by Gasteiger charge is 2.33. The number of thioether (sulfide) groups is 1. The van der Waals surface area contributed by atoms with Gasteiger partial charge in [0.1, 0.15) is 11.5 Å². The fourth-order valence-corrected chi connectivity index (χ4v) is 4.84. The average Bonchev–Trinajstić information content (AvgIpc) is 3.45. The van der Waals surface area contributed by atoms with Gasteiger partial charge in [0.25, 0.3) is 11.6 Å². The van der Waals surface area contributed by atoms with Gasteiger partial charge in [-0.05, 0) is 36.9 Å². The molecule has 1 aliphatic rings. The van der Waals surface area contributed by atoms with Crippen LogP contribution in [0.3, 0.4) is 0 Å². The maximum Gasteiger partial charge on any atom is 0.270 e. The third-order valence-electron chi connectivity index (χ3n) is 4.33. The van der Waals surface area contributed by atoms with Crippen LogP contribution in [0.2, 0.25) is 5.02 Å². The van der Waals surface area contributed by atoms with Crippen LogP contribution in [-0.2, 0) is 4.79 Å². The predicted molar refractivity (Wildman–Crippen MR) is 127 cm³/mol. The second-order valence-electron chi connectivity index (χ2n) is 6.60. The molecule has 162 valence electrons. The lowest BCUT2D eigenvalue weighted by molar-refractivity contribution is -0.384. The van der Waals surface area contributed by atoms with E-state index in [1.807, 2.05) is 12.3 Å². The number of non-ortho nitro benzene ring substituents is 1. The van der Waals surface area contributed by atoms with Crippen molar-refractivity contribution in [1.29, 1.82) is 0 Å². The van der Waals surface area contributed by atoms with Crippen molar-refractivity contribution in [2.45, 2.75) is 6.92 Å². The molecule has 2 aromatic heterocycles. The van der Waals surface area contributed by atoms with Crippen molar-refractivity contribution in [1.82, 2.24) is 9.88 Å². The molecule has 1 saturated heterocycles. The van der Waals surface area contributed by atoms with Gasteiger partial charge in [-0.3, -0.25) is 19.8 Å². The molecule has 1 fully saturated rings. The molecule has 1 amide bonds. The van der Waals surface area contributed by atoms with E-state index in [1.165, 1.54) is 46.2 Å². The Morgan fingerprint density at radius 3 is 2.84 bits per heavy atom. The van der Waals surface area contributed by atoms with Crippen LogP contribution in [0.1, 0.15) is 11.5 Å². The monoisotopic (exact) mass is 486 g/mol. The summed E-state index contributed by atoms with van der Waals surface area (Å²) in [5, 5.41) is 14.1. The van der Waals surface area contributed by atoms with E-state index in [0.29, 0.717) is 38.8 Å². The summed E-state index contributed by atoms with van der Waals surface area (Å²) in [4.78, 5) is 34.1. The van der Waals surface area contributed by atoms with E-state index in [2.05, 4.69) is 16.6 Å². The molecule has 0 bridgehead atoms. The van der Waals surface area contributed by atoms with Gasteiger partial charge < -0.3 is 4.42 Å². The normalized spacial score (nSPS) is 16.3. The van der Waals surface area contributed by atoms with Crippen LogP contribution in [0.15, 0.2) is 62.7 Å². The first kappa shape index (κ1) is 22.0. The van der Waals surface area contributed by atoms with Crippen LogP contribution in [0, 0.1) is 17.0 Å². The number of amides is 1. The Balaban J connectivity index is 1.62. The number of carbonyl (C=O) groups is 1. The van der Waals surface area contributed by atoms with Crippen LogP contribution in [0.25, 0.3) is 17.4 Å². The number of furan rings is 1. The fraction of sp³-hybridized carbons (Fsp3) is 0.0952. The smallest absolute Gasteiger partial charge is 0.270 e. The van der Waals surface area contributed by atoms with Gasteiger partial charge in [0.05, 0.1) is 20.5 Å². The summed E-state index contributed by atoms with van der Waals surface area (Å²) in [6, 6.07) is 7.54. The van der Waals surface area contributed by atoms with Crippen LogP contribution in [-0.4, -0.2) is 32.4 Å². The Bertz CT molecular complexity index is 1290. The molecule has 0 N–H and O–H groups in total. The average molecular weight is 487 g/mol. The minimum atomic E-state index is -0.516. The number of hydrogen-bond acceptors (Lipinski definition) is 8. The van der Waals surface area contributed by atoms with Crippen molar-refractivity contribution in [3.05, 3.63) is 79.9 Å². The molecule has 11 heteroatoms. The molecule has 0 unspecified atom stereocenters. The Kier molecular flexibility index (Phi) is 6.26. The number of thiazole rings is 1. The van der Waals surface area contributed by atoms with Crippen molar-refractivity contribution in [3.63, 3.8) is 0 Å². The molecule has 3 heterocycles. The number of amidine groups is 1. The lowest BCUT2D eigenvalue weighted by Crippen LogP contribution is -2.29. The predicted octanol–water partition coefficient (Wildman–Crippen LogP) is 6.06. The Morgan fingerprint density at radius 2 is 2.19 bits per heavy atom. The van der Waals surface area contributed by atoms with Gasteiger partial charge in [0, 0.05) is 35.7 Å². The van der Waals surface area contributed by atoms with E-state index < -0.39 is 4.92 Å². The minimum Gasteiger partial charge on any atom is -0.457 e. The number of benzene rings is 1. The van der Waals surface area contributed by atoms with E-state index in [9.17, 15) is 14.9 Å². The number of nitro benzene ring substituents is 1. The summed E-state index contributed by atoms with van der Waals surface area (Å²) < 4.78 is 5.83. The molecule has 32 heavy (non-hydrogen) atoms. The lowest BCUT2D eigenvalue weighted by atomic mass is 10.1. The van der Waals surface area contributed by atoms with Gasteiger partial charge in [0.2, 0.25) is 5.13 Å². The van der Waals surface area contributed by atoms with Crippen LogP contribution in [0.5, 0.6) is 0 Å². The van der Waals surface area contributed by atoms with Crippen molar-refractivity contribution < 1.29 is 14.1 Å². The maximum atomic E-state index is 12.9. The van der Waals surface area contributed by atoms with Gasteiger partial charge in [-0.15, -0.1) is 17.9 Å². The van der Waals surface area contributed by atoms with E-state index in [-0.39, 0.29) is 16.6 Å². The van der Waals surface area contributed by atoms with Gasteiger partial charge >= 0.3 is 0 Å². The molecule has 0 radical (unpaired) electrons. The summed E-state index contributed by atoms with van der Waals surface area (Å²) in [7, 11) is 0. The molecule has 0 saturated carbocycles. The highest BCUT2D eigenvalue weighted by atomic mass is 35.5. The van der Waals surface area contributed by atoms with Gasteiger partial charge in [0.15, 0.2) is 5.17 Å². The lowest BCUT2D eigenvalue weighted by Gasteiger charge is -2.11. The number of aromatic nitrogens is 1. The number of nitro groups is 1.